The first kappa shape index (κ1) is 15.8. The van der Waals surface area contributed by atoms with Gasteiger partial charge >= 0.3 is 6.09 Å². The average molecular weight is 290 g/mol. The van der Waals surface area contributed by atoms with Crippen molar-refractivity contribution in [3.63, 3.8) is 0 Å². The van der Waals surface area contributed by atoms with E-state index in [9.17, 15) is 4.79 Å². The van der Waals surface area contributed by atoms with Gasteiger partial charge in [-0.15, -0.1) is 0 Å². The van der Waals surface area contributed by atoms with Gasteiger partial charge in [0.2, 0.25) is 0 Å². The van der Waals surface area contributed by atoms with Gasteiger partial charge in [0, 0.05) is 12.6 Å². The molecule has 0 radical (unpaired) electrons. The summed E-state index contributed by atoms with van der Waals surface area (Å²) in [6.45, 7) is 7.30. The third-order valence-electron chi connectivity index (χ3n) is 3.65. The van der Waals surface area contributed by atoms with Crippen LogP contribution < -0.4 is 10.6 Å². The van der Waals surface area contributed by atoms with Gasteiger partial charge in [-0.3, -0.25) is 0 Å². The van der Waals surface area contributed by atoms with E-state index in [-0.39, 0.29) is 6.09 Å². The van der Waals surface area contributed by atoms with E-state index in [1.807, 2.05) is 26.8 Å². The highest BCUT2D eigenvalue weighted by molar-refractivity contribution is 5.67. The van der Waals surface area contributed by atoms with Gasteiger partial charge < -0.3 is 15.4 Å². The largest absolute Gasteiger partial charge is 0.444 e. The van der Waals surface area contributed by atoms with Gasteiger partial charge in [-0.05, 0) is 51.6 Å². The zero-order valence-electron chi connectivity index (χ0n) is 13.2. The van der Waals surface area contributed by atoms with Crippen LogP contribution in [0.25, 0.3) is 0 Å². The Balaban J connectivity index is 1.92. The standard InChI is InChI=1S/C17H26N2O2/c1-17(2,3)21-16(20)19-12-14-10-7-11-18-15(14)13-8-5-4-6-9-13/h4-6,8-9,14-15,18H,7,10-12H2,1-3H3,(H,19,20). The quantitative estimate of drug-likeness (QED) is 0.898. The Hall–Kier alpha value is -1.55. The van der Waals surface area contributed by atoms with Crippen LogP contribution in [0.5, 0.6) is 0 Å². The van der Waals surface area contributed by atoms with E-state index in [1.54, 1.807) is 0 Å². The number of hydrogen-bond acceptors (Lipinski definition) is 3. The van der Waals surface area contributed by atoms with E-state index in [0.717, 1.165) is 19.4 Å². The number of ether oxygens (including phenoxy) is 1. The van der Waals surface area contributed by atoms with Crippen LogP contribution in [0, 0.1) is 5.92 Å². The van der Waals surface area contributed by atoms with Crippen molar-refractivity contribution >= 4 is 6.09 Å². The zero-order valence-corrected chi connectivity index (χ0v) is 13.2. The van der Waals surface area contributed by atoms with Crippen LogP contribution in [-0.2, 0) is 4.74 Å². The smallest absolute Gasteiger partial charge is 0.407 e. The summed E-state index contributed by atoms with van der Waals surface area (Å²) in [5.41, 5.74) is 0.835. The van der Waals surface area contributed by atoms with Crippen LogP contribution in [-0.4, -0.2) is 24.8 Å². The minimum Gasteiger partial charge on any atom is -0.444 e. The molecule has 116 valence electrons. The molecule has 0 spiro atoms. The van der Waals surface area contributed by atoms with Gasteiger partial charge in [0.15, 0.2) is 0 Å². The molecule has 0 bridgehead atoms. The lowest BCUT2D eigenvalue weighted by atomic mass is 9.86. The number of alkyl carbamates (subject to hydrolysis) is 1. The van der Waals surface area contributed by atoms with Crippen LogP contribution in [0.1, 0.15) is 45.2 Å². The molecule has 1 aromatic rings. The molecular formula is C17H26N2O2. The van der Waals surface area contributed by atoms with Crippen LogP contribution >= 0.6 is 0 Å². The minimum absolute atomic E-state index is 0.301. The topological polar surface area (TPSA) is 50.4 Å². The summed E-state index contributed by atoms with van der Waals surface area (Å²) in [5, 5.41) is 6.47. The second-order valence-electron chi connectivity index (χ2n) is 6.63. The summed E-state index contributed by atoms with van der Waals surface area (Å²) < 4.78 is 5.30. The minimum atomic E-state index is -0.451. The predicted molar refractivity (Wildman–Crippen MR) is 84.1 cm³/mol. The maximum absolute atomic E-state index is 11.8. The first-order chi connectivity index (χ1) is 9.96. The molecule has 2 rings (SSSR count). The number of amides is 1. The van der Waals surface area contributed by atoms with E-state index >= 15 is 0 Å². The fourth-order valence-corrected chi connectivity index (χ4v) is 2.75. The van der Waals surface area contributed by atoms with Gasteiger partial charge in [-0.2, -0.15) is 0 Å². The number of hydrogen-bond donors (Lipinski definition) is 2. The summed E-state index contributed by atoms with van der Waals surface area (Å²) in [4.78, 5) is 11.8. The maximum Gasteiger partial charge on any atom is 0.407 e. The Labute approximate surface area is 127 Å². The lowest BCUT2D eigenvalue weighted by Crippen LogP contribution is -2.42. The molecular weight excluding hydrogens is 264 g/mol. The van der Waals surface area contributed by atoms with E-state index in [1.165, 1.54) is 5.56 Å². The number of rotatable bonds is 3. The molecule has 2 N–H and O–H groups in total. The fraction of sp³-hybridized carbons (Fsp3) is 0.588. The summed E-state index contributed by atoms with van der Waals surface area (Å²) in [5.74, 6) is 0.397. The van der Waals surface area contributed by atoms with Crippen LogP contribution in [0.4, 0.5) is 4.79 Å². The van der Waals surface area contributed by atoms with Gasteiger partial charge in [0.25, 0.3) is 0 Å². The Bertz CT molecular complexity index is 454. The summed E-state index contributed by atoms with van der Waals surface area (Å²) >= 11 is 0. The Kier molecular flexibility index (Phi) is 5.23. The van der Waals surface area contributed by atoms with E-state index in [0.29, 0.717) is 18.5 Å². The van der Waals surface area contributed by atoms with Gasteiger partial charge in [0.1, 0.15) is 5.60 Å². The Morgan fingerprint density at radius 1 is 1.33 bits per heavy atom. The molecule has 1 heterocycles. The molecule has 4 nitrogen and oxygen atoms in total. The second kappa shape index (κ2) is 6.94. The fourth-order valence-electron chi connectivity index (χ4n) is 2.75. The number of benzene rings is 1. The maximum atomic E-state index is 11.8. The molecule has 0 saturated carbocycles. The summed E-state index contributed by atoms with van der Waals surface area (Å²) in [7, 11) is 0. The Morgan fingerprint density at radius 3 is 2.71 bits per heavy atom. The molecule has 4 heteroatoms. The normalized spacial score (nSPS) is 22.6. The van der Waals surface area contributed by atoms with Crippen molar-refractivity contribution in [1.29, 1.82) is 0 Å². The number of carbonyl (C=O) groups excluding carboxylic acids is 1. The lowest BCUT2D eigenvalue weighted by molar-refractivity contribution is 0.0511. The van der Waals surface area contributed by atoms with Gasteiger partial charge in [0.05, 0.1) is 0 Å². The van der Waals surface area contributed by atoms with Crippen molar-refractivity contribution in [2.45, 2.75) is 45.3 Å². The van der Waals surface area contributed by atoms with Crippen molar-refractivity contribution in [2.24, 2.45) is 5.92 Å². The highest BCUT2D eigenvalue weighted by atomic mass is 16.6. The first-order valence-corrected chi connectivity index (χ1v) is 7.71. The molecule has 2 atom stereocenters. The van der Waals surface area contributed by atoms with Gasteiger partial charge in [-0.25, -0.2) is 4.79 Å². The molecule has 0 aromatic heterocycles. The van der Waals surface area contributed by atoms with Crippen molar-refractivity contribution in [3.05, 3.63) is 35.9 Å². The molecule has 2 unspecified atom stereocenters. The van der Waals surface area contributed by atoms with E-state index < -0.39 is 5.60 Å². The predicted octanol–water partition coefficient (Wildman–Crippen LogP) is 3.25. The summed E-state index contributed by atoms with van der Waals surface area (Å²) in [6.07, 6.45) is 1.92. The lowest BCUT2D eigenvalue weighted by Gasteiger charge is -2.33. The number of piperidine rings is 1. The molecule has 0 aliphatic carbocycles. The van der Waals surface area contributed by atoms with Crippen LogP contribution in [0.15, 0.2) is 30.3 Å². The highest BCUT2D eigenvalue weighted by Crippen LogP contribution is 2.28. The molecule has 21 heavy (non-hydrogen) atoms. The van der Waals surface area contributed by atoms with Crippen molar-refractivity contribution in [3.8, 4) is 0 Å². The molecule has 1 aliphatic rings. The first-order valence-electron chi connectivity index (χ1n) is 7.71. The third-order valence-corrected chi connectivity index (χ3v) is 3.65. The molecule has 1 fully saturated rings. The van der Waals surface area contributed by atoms with E-state index in [2.05, 4.69) is 34.9 Å². The van der Waals surface area contributed by atoms with Gasteiger partial charge in [-0.1, -0.05) is 30.3 Å². The second-order valence-corrected chi connectivity index (χ2v) is 6.63. The van der Waals surface area contributed by atoms with Crippen molar-refractivity contribution in [2.75, 3.05) is 13.1 Å². The monoisotopic (exact) mass is 290 g/mol. The van der Waals surface area contributed by atoms with Crippen LogP contribution in [0.3, 0.4) is 0 Å². The number of carbonyl (C=O) groups is 1. The summed E-state index contributed by atoms with van der Waals surface area (Å²) in [6, 6.07) is 10.7. The zero-order chi connectivity index (χ0) is 15.3. The van der Waals surface area contributed by atoms with Crippen molar-refractivity contribution in [1.82, 2.24) is 10.6 Å². The SMILES string of the molecule is CC(C)(C)OC(=O)NCC1CCCNC1c1ccccc1. The average Bonchev–Trinajstić information content (AvgIpc) is 2.45. The molecule has 1 amide bonds. The molecule has 1 aromatic carbocycles. The highest BCUT2D eigenvalue weighted by Gasteiger charge is 2.27. The number of nitrogens with one attached hydrogen (secondary N) is 2. The Morgan fingerprint density at radius 2 is 2.05 bits per heavy atom. The molecule has 1 saturated heterocycles. The van der Waals surface area contributed by atoms with E-state index in [4.69, 9.17) is 4.74 Å². The molecule has 1 aliphatic heterocycles. The van der Waals surface area contributed by atoms with Crippen molar-refractivity contribution < 1.29 is 9.53 Å². The third kappa shape index (κ3) is 5.05. The van der Waals surface area contributed by atoms with Crippen LogP contribution in [0.2, 0.25) is 0 Å².